The van der Waals surface area contributed by atoms with Crippen molar-refractivity contribution in [2.75, 3.05) is 19.0 Å². The Morgan fingerprint density at radius 2 is 1.82 bits per heavy atom. The summed E-state index contributed by atoms with van der Waals surface area (Å²) in [6.45, 7) is 4.05. The van der Waals surface area contributed by atoms with Crippen molar-refractivity contribution in [2.24, 2.45) is 11.0 Å². The number of methoxy groups -OCH3 is 1. The van der Waals surface area contributed by atoms with Crippen LogP contribution in [0.25, 0.3) is 0 Å². The maximum absolute atomic E-state index is 12.6. The zero-order chi connectivity index (χ0) is 28.6. The molecule has 208 valence electrons. The smallest absolute Gasteiger partial charge is 0.343 e. The minimum Gasteiger partial charge on any atom is -0.493 e. The molecule has 0 saturated heterocycles. The summed E-state index contributed by atoms with van der Waals surface area (Å²) in [6.07, 6.45) is 3.75. The van der Waals surface area contributed by atoms with Crippen molar-refractivity contribution in [3.63, 3.8) is 0 Å². The van der Waals surface area contributed by atoms with Crippen LogP contribution in [0.4, 0.5) is 5.00 Å². The van der Waals surface area contributed by atoms with Crippen molar-refractivity contribution in [1.29, 1.82) is 0 Å². The number of amides is 2. The predicted molar refractivity (Wildman–Crippen MR) is 150 cm³/mol. The van der Waals surface area contributed by atoms with Crippen molar-refractivity contribution in [3.05, 3.63) is 75.7 Å². The minimum absolute atomic E-state index is 0.198. The van der Waals surface area contributed by atoms with Gasteiger partial charge in [0.05, 0.1) is 31.1 Å². The molecule has 0 unspecified atom stereocenters. The van der Waals surface area contributed by atoms with Crippen molar-refractivity contribution < 1.29 is 33.4 Å². The van der Waals surface area contributed by atoms with E-state index >= 15 is 0 Å². The van der Waals surface area contributed by atoms with E-state index in [4.69, 9.17) is 14.2 Å². The van der Waals surface area contributed by atoms with E-state index in [9.17, 15) is 19.2 Å². The van der Waals surface area contributed by atoms with Crippen LogP contribution >= 0.6 is 11.3 Å². The minimum atomic E-state index is -1.01. The fourth-order valence-corrected chi connectivity index (χ4v) is 5.61. The highest BCUT2D eigenvalue weighted by Crippen LogP contribution is 2.40. The van der Waals surface area contributed by atoms with Gasteiger partial charge in [-0.25, -0.2) is 15.0 Å². The van der Waals surface area contributed by atoms with Gasteiger partial charge in [0.15, 0.2) is 11.5 Å². The number of hydrogen-bond donors (Lipinski definition) is 2. The van der Waals surface area contributed by atoms with E-state index in [0.29, 0.717) is 34.0 Å². The second-order valence-corrected chi connectivity index (χ2v) is 10.2. The molecule has 10 nitrogen and oxygen atoms in total. The number of benzene rings is 2. The predicted octanol–water partition coefficient (Wildman–Crippen LogP) is 4.37. The number of nitrogens with zero attached hydrogens (tertiary/aromatic N) is 1. The summed E-state index contributed by atoms with van der Waals surface area (Å²) in [4.78, 5) is 51.1. The standard InChI is InChI=1S/C29H29N3O7S/c1-4-38-29(36)24-20-12-10-17(2)14-23(20)40-27(24)31-25(33)26(34)32-30-16-18-11-13-21(22(15-18)37-3)39-28(35)19-8-6-5-7-9-19/h5-9,11,13,15-17H,4,10,12,14H2,1-3H3,(H,31,33)(H,32,34)/b30-16-/t17-/m1/s1. The maximum Gasteiger partial charge on any atom is 0.343 e. The van der Waals surface area contributed by atoms with Gasteiger partial charge in [0, 0.05) is 4.88 Å². The summed E-state index contributed by atoms with van der Waals surface area (Å²) in [5, 5.41) is 6.69. The van der Waals surface area contributed by atoms with Gasteiger partial charge >= 0.3 is 23.8 Å². The molecule has 1 aliphatic carbocycles. The van der Waals surface area contributed by atoms with Crippen LogP contribution in [0.2, 0.25) is 0 Å². The van der Waals surface area contributed by atoms with Crippen LogP contribution in [0.3, 0.4) is 0 Å². The molecule has 1 atom stereocenters. The third kappa shape index (κ3) is 6.73. The Balaban J connectivity index is 1.40. The second kappa shape index (κ2) is 13.0. The fraction of sp³-hybridized carbons (Fsp3) is 0.276. The lowest BCUT2D eigenvalue weighted by atomic mass is 9.88. The lowest BCUT2D eigenvalue weighted by Crippen LogP contribution is -2.32. The number of hydrazone groups is 1. The Kier molecular flexibility index (Phi) is 9.28. The average molecular weight is 564 g/mol. The first kappa shape index (κ1) is 28.5. The van der Waals surface area contributed by atoms with Crippen molar-refractivity contribution >= 4 is 46.3 Å². The molecule has 0 bridgehead atoms. The molecule has 2 N–H and O–H groups in total. The number of rotatable bonds is 8. The lowest BCUT2D eigenvalue weighted by Gasteiger charge is -2.18. The summed E-state index contributed by atoms with van der Waals surface area (Å²) in [7, 11) is 1.43. The second-order valence-electron chi connectivity index (χ2n) is 9.10. The topological polar surface area (TPSA) is 132 Å². The summed E-state index contributed by atoms with van der Waals surface area (Å²) in [6, 6.07) is 13.2. The first-order chi connectivity index (χ1) is 19.3. The average Bonchev–Trinajstić information content (AvgIpc) is 3.30. The number of thiophene rings is 1. The molecule has 0 radical (unpaired) electrons. The summed E-state index contributed by atoms with van der Waals surface area (Å²) >= 11 is 1.29. The van der Waals surface area contributed by atoms with Gasteiger partial charge in [0.2, 0.25) is 0 Å². The Morgan fingerprint density at radius 1 is 1.05 bits per heavy atom. The van der Waals surface area contributed by atoms with Gasteiger partial charge in [-0.05, 0) is 73.6 Å². The van der Waals surface area contributed by atoms with E-state index < -0.39 is 23.8 Å². The number of fused-ring (bicyclic) bond motifs is 1. The monoisotopic (exact) mass is 563 g/mol. The van der Waals surface area contributed by atoms with Gasteiger partial charge in [-0.15, -0.1) is 11.3 Å². The van der Waals surface area contributed by atoms with E-state index in [2.05, 4.69) is 22.8 Å². The van der Waals surface area contributed by atoms with Crippen LogP contribution in [-0.4, -0.2) is 43.7 Å². The molecule has 4 rings (SSSR count). The summed E-state index contributed by atoms with van der Waals surface area (Å²) in [5.74, 6) is -2.07. The van der Waals surface area contributed by atoms with Crippen LogP contribution in [0.1, 0.15) is 57.0 Å². The third-order valence-electron chi connectivity index (χ3n) is 6.20. The fourth-order valence-electron chi connectivity index (χ4n) is 4.22. The van der Waals surface area contributed by atoms with Crippen molar-refractivity contribution in [2.45, 2.75) is 33.1 Å². The normalized spacial score (nSPS) is 14.2. The van der Waals surface area contributed by atoms with Crippen LogP contribution in [0.15, 0.2) is 53.6 Å². The number of ether oxygens (including phenoxy) is 3. The molecule has 11 heteroatoms. The van der Waals surface area contributed by atoms with Gasteiger partial charge in [0.25, 0.3) is 0 Å². The van der Waals surface area contributed by atoms with Gasteiger partial charge in [-0.3, -0.25) is 9.59 Å². The van der Waals surface area contributed by atoms with E-state index in [1.165, 1.54) is 30.7 Å². The molecule has 0 aliphatic heterocycles. The van der Waals surface area contributed by atoms with Crippen molar-refractivity contribution in [1.82, 2.24) is 5.43 Å². The lowest BCUT2D eigenvalue weighted by molar-refractivity contribution is -0.136. The Bertz CT molecular complexity index is 1450. The first-order valence-electron chi connectivity index (χ1n) is 12.7. The van der Waals surface area contributed by atoms with Gasteiger partial charge in [-0.2, -0.15) is 5.10 Å². The molecule has 2 amide bonds. The molecular weight excluding hydrogens is 534 g/mol. The number of carbonyl (C=O) groups excluding carboxylic acids is 4. The molecule has 0 fully saturated rings. The number of anilines is 1. The number of carbonyl (C=O) groups is 4. The molecule has 40 heavy (non-hydrogen) atoms. The van der Waals surface area contributed by atoms with Gasteiger partial charge in [-0.1, -0.05) is 25.1 Å². The van der Waals surface area contributed by atoms with E-state index in [-0.39, 0.29) is 18.1 Å². The maximum atomic E-state index is 12.6. The molecule has 3 aromatic rings. The molecule has 1 aromatic heterocycles. The molecule has 2 aromatic carbocycles. The Labute approximate surface area is 235 Å². The zero-order valence-electron chi connectivity index (χ0n) is 22.3. The number of hydrogen-bond acceptors (Lipinski definition) is 9. The summed E-state index contributed by atoms with van der Waals surface area (Å²) in [5.41, 5.74) is 4.28. The highest BCUT2D eigenvalue weighted by Gasteiger charge is 2.30. The quantitative estimate of drug-likeness (QED) is 0.137. The van der Waals surface area contributed by atoms with Crippen LogP contribution in [0.5, 0.6) is 11.5 Å². The molecule has 0 saturated carbocycles. The first-order valence-corrected chi connectivity index (χ1v) is 13.5. The Morgan fingerprint density at radius 3 is 2.55 bits per heavy atom. The van der Waals surface area contributed by atoms with Gasteiger partial charge < -0.3 is 19.5 Å². The molecule has 0 spiro atoms. The van der Waals surface area contributed by atoms with E-state index in [1.807, 2.05) is 0 Å². The van der Waals surface area contributed by atoms with Crippen LogP contribution in [0, 0.1) is 5.92 Å². The third-order valence-corrected chi connectivity index (χ3v) is 7.37. The molecule has 1 heterocycles. The molecular formula is C29H29N3O7S. The number of esters is 2. The van der Waals surface area contributed by atoms with Crippen LogP contribution < -0.4 is 20.2 Å². The van der Waals surface area contributed by atoms with E-state index in [0.717, 1.165) is 23.3 Å². The van der Waals surface area contributed by atoms with Crippen molar-refractivity contribution in [3.8, 4) is 11.5 Å². The SMILES string of the molecule is CCOC(=O)c1c(NC(=O)C(=O)N/N=C\c2ccc(OC(=O)c3ccccc3)c(OC)c2)sc2c1CC[C@@H](C)C2. The molecule has 1 aliphatic rings. The summed E-state index contributed by atoms with van der Waals surface area (Å²) < 4.78 is 15.9. The largest absolute Gasteiger partial charge is 0.493 e. The highest BCUT2D eigenvalue weighted by molar-refractivity contribution is 7.17. The highest BCUT2D eigenvalue weighted by atomic mass is 32.1. The van der Waals surface area contributed by atoms with Crippen LogP contribution in [-0.2, 0) is 27.2 Å². The zero-order valence-corrected chi connectivity index (χ0v) is 23.1. The number of nitrogens with one attached hydrogen (secondary N) is 2. The van der Waals surface area contributed by atoms with E-state index in [1.54, 1.807) is 49.4 Å². The van der Waals surface area contributed by atoms with Gasteiger partial charge in [0.1, 0.15) is 5.00 Å². The Hall–Kier alpha value is -4.51.